The molecule has 0 radical (unpaired) electrons. The van der Waals surface area contributed by atoms with E-state index in [2.05, 4.69) is 16.4 Å². The number of aryl methyl sites for hydroxylation is 1. The average molecular weight is 389 g/mol. The predicted molar refractivity (Wildman–Crippen MR) is 115 cm³/mol. The molecule has 5 nitrogen and oxygen atoms in total. The first-order valence-electron chi connectivity index (χ1n) is 10.4. The highest BCUT2D eigenvalue weighted by Gasteiger charge is 2.28. The van der Waals surface area contributed by atoms with Crippen LogP contribution in [0.2, 0.25) is 0 Å². The number of para-hydroxylation sites is 1. The molecule has 0 saturated carbocycles. The summed E-state index contributed by atoms with van der Waals surface area (Å²) in [6.07, 6.45) is 5.56. The molecular formula is C24H27N3O2. The molecular weight excluding hydrogens is 362 g/mol. The molecule has 0 bridgehead atoms. The summed E-state index contributed by atoms with van der Waals surface area (Å²) in [4.78, 5) is 30.9. The van der Waals surface area contributed by atoms with Crippen molar-refractivity contribution in [2.45, 2.75) is 38.1 Å². The van der Waals surface area contributed by atoms with Crippen molar-refractivity contribution in [2.75, 3.05) is 13.1 Å². The van der Waals surface area contributed by atoms with Crippen molar-refractivity contribution < 1.29 is 9.59 Å². The van der Waals surface area contributed by atoms with Gasteiger partial charge in [-0.25, -0.2) is 0 Å². The Morgan fingerprint density at radius 3 is 2.52 bits per heavy atom. The van der Waals surface area contributed by atoms with Gasteiger partial charge in [0.1, 0.15) is 6.04 Å². The number of carbonyl (C=O) groups excluding carboxylic acids is 2. The molecule has 1 saturated heterocycles. The molecule has 0 spiro atoms. The molecule has 1 aromatic heterocycles. The Morgan fingerprint density at radius 2 is 1.72 bits per heavy atom. The van der Waals surface area contributed by atoms with Crippen LogP contribution in [-0.4, -0.2) is 40.8 Å². The van der Waals surface area contributed by atoms with E-state index in [1.165, 1.54) is 0 Å². The lowest BCUT2D eigenvalue weighted by atomic mass is 10.0. The molecule has 1 atom stereocenters. The Bertz CT molecular complexity index is 974. The zero-order chi connectivity index (χ0) is 20.1. The number of rotatable bonds is 7. The molecule has 2 N–H and O–H groups in total. The third-order valence-electron chi connectivity index (χ3n) is 5.63. The van der Waals surface area contributed by atoms with E-state index < -0.39 is 6.04 Å². The predicted octanol–water partition coefficient (Wildman–Crippen LogP) is 3.45. The normalized spacial score (nSPS) is 14.8. The van der Waals surface area contributed by atoms with Crippen LogP contribution < -0.4 is 5.32 Å². The lowest BCUT2D eigenvalue weighted by Crippen LogP contribution is -2.49. The number of benzene rings is 2. The van der Waals surface area contributed by atoms with Crippen molar-refractivity contribution >= 4 is 22.7 Å². The maximum Gasteiger partial charge on any atom is 0.245 e. The third-order valence-corrected chi connectivity index (χ3v) is 5.63. The molecule has 150 valence electrons. The van der Waals surface area contributed by atoms with E-state index in [0.29, 0.717) is 19.3 Å². The van der Waals surface area contributed by atoms with Crippen molar-refractivity contribution in [3.05, 3.63) is 71.9 Å². The molecule has 1 aliphatic heterocycles. The monoisotopic (exact) mass is 389 g/mol. The lowest BCUT2D eigenvalue weighted by molar-refractivity contribution is -0.135. The van der Waals surface area contributed by atoms with E-state index in [4.69, 9.17) is 0 Å². The van der Waals surface area contributed by atoms with Gasteiger partial charge >= 0.3 is 0 Å². The Hall–Kier alpha value is -3.08. The van der Waals surface area contributed by atoms with Gasteiger partial charge in [0.2, 0.25) is 11.8 Å². The summed E-state index contributed by atoms with van der Waals surface area (Å²) in [5.74, 6) is -0.0490. The number of fused-ring (bicyclic) bond motifs is 1. The molecule has 5 heteroatoms. The van der Waals surface area contributed by atoms with Crippen LogP contribution in [0.4, 0.5) is 0 Å². The molecule has 0 unspecified atom stereocenters. The van der Waals surface area contributed by atoms with Gasteiger partial charge in [-0.05, 0) is 36.5 Å². The van der Waals surface area contributed by atoms with Gasteiger partial charge in [-0.15, -0.1) is 0 Å². The Kier molecular flexibility index (Phi) is 5.94. The average Bonchev–Trinajstić information content (AvgIpc) is 3.43. The van der Waals surface area contributed by atoms with Crippen LogP contribution in [-0.2, 0) is 22.4 Å². The van der Waals surface area contributed by atoms with E-state index >= 15 is 0 Å². The quantitative estimate of drug-likeness (QED) is 0.650. The molecule has 2 amide bonds. The highest BCUT2D eigenvalue weighted by Crippen LogP contribution is 2.20. The zero-order valence-electron chi connectivity index (χ0n) is 16.6. The Morgan fingerprint density at radius 1 is 1.00 bits per heavy atom. The topological polar surface area (TPSA) is 65.2 Å². The van der Waals surface area contributed by atoms with Gasteiger partial charge in [-0.3, -0.25) is 9.59 Å². The summed E-state index contributed by atoms with van der Waals surface area (Å²) < 4.78 is 0. The molecule has 3 aromatic rings. The second-order valence-corrected chi connectivity index (χ2v) is 7.70. The van der Waals surface area contributed by atoms with Crippen LogP contribution in [0.3, 0.4) is 0 Å². The largest absolute Gasteiger partial charge is 0.361 e. The molecule has 2 aromatic carbocycles. The minimum Gasteiger partial charge on any atom is -0.361 e. The fourth-order valence-corrected chi connectivity index (χ4v) is 4.05. The molecule has 1 fully saturated rings. The molecule has 1 aliphatic rings. The van der Waals surface area contributed by atoms with Gasteiger partial charge in [0.05, 0.1) is 0 Å². The zero-order valence-corrected chi connectivity index (χ0v) is 16.6. The first-order valence-corrected chi connectivity index (χ1v) is 10.4. The van der Waals surface area contributed by atoms with Gasteiger partial charge in [0.15, 0.2) is 0 Å². The minimum atomic E-state index is -0.532. The number of hydrogen-bond donors (Lipinski definition) is 2. The Balaban J connectivity index is 1.47. The van der Waals surface area contributed by atoms with Crippen molar-refractivity contribution in [3.8, 4) is 0 Å². The fraction of sp³-hybridized carbons (Fsp3) is 0.333. The summed E-state index contributed by atoms with van der Waals surface area (Å²) >= 11 is 0. The number of likely N-dealkylation sites (tertiary alicyclic amines) is 1. The number of aromatic nitrogens is 1. The van der Waals surface area contributed by atoms with Crippen molar-refractivity contribution in [1.29, 1.82) is 0 Å². The van der Waals surface area contributed by atoms with Gasteiger partial charge in [-0.1, -0.05) is 48.5 Å². The summed E-state index contributed by atoms with van der Waals surface area (Å²) in [5.41, 5.74) is 3.23. The number of H-pyrrole nitrogens is 1. The second kappa shape index (κ2) is 8.95. The van der Waals surface area contributed by atoms with E-state index in [0.717, 1.165) is 48.0 Å². The van der Waals surface area contributed by atoms with E-state index in [1.54, 1.807) is 0 Å². The second-order valence-electron chi connectivity index (χ2n) is 7.70. The van der Waals surface area contributed by atoms with Crippen LogP contribution in [0.1, 0.15) is 30.4 Å². The maximum atomic E-state index is 13.1. The summed E-state index contributed by atoms with van der Waals surface area (Å²) in [6, 6.07) is 17.5. The van der Waals surface area contributed by atoms with Gasteiger partial charge in [-0.2, -0.15) is 0 Å². The standard InChI is InChI=1S/C24H27N3O2/c28-23(13-12-18-8-2-1-3-9-18)26-22(24(29)27-14-6-7-15-27)16-19-17-25-21-11-5-4-10-20(19)21/h1-5,8-11,17,22,25H,6-7,12-16H2,(H,26,28)/t22-/m0/s1. The number of nitrogens with zero attached hydrogens (tertiary/aromatic N) is 1. The van der Waals surface area contributed by atoms with Crippen molar-refractivity contribution in [3.63, 3.8) is 0 Å². The van der Waals surface area contributed by atoms with Crippen LogP contribution in [0.15, 0.2) is 60.8 Å². The van der Waals surface area contributed by atoms with Gasteiger partial charge in [0, 0.05) is 43.0 Å². The number of nitrogens with one attached hydrogen (secondary N) is 2. The van der Waals surface area contributed by atoms with E-state index in [-0.39, 0.29) is 11.8 Å². The molecule has 0 aliphatic carbocycles. The maximum absolute atomic E-state index is 13.1. The number of carbonyl (C=O) groups is 2. The summed E-state index contributed by atoms with van der Waals surface area (Å²) in [5, 5.41) is 4.12. The first-order chi connectivity index (χ1) is 14.2. The van der Waals surface area contributed by atoms with Crippen LogP contribution >= 0.6 is 0 Å². The Labute approximate surface area is 171 Å². The highest BCUT2D eigenvalue weighted by molar-refractivity contribution is 5.89. The smallest absolute Gasteiger partial charge is 0.245 e. The highest BCUT2D eigenvalue weighted by atomic mass is 16.2. The molecule has 29 heavy (non-hydrogen) atoms. The van der Waals surface area contributed by atoms with Crippen LogP contribution in [0, 0.1) is 0 Å². The third kappa shape index (κ3) is 4.67. The molecule has 2 heterocycles. The van der Waals surface area contributed by atoms with Crippen LogP contribution in [0.5, 0.6) is 0 Å². The number of aromatic amines is 1. The number of amides is 2. The lowest BCUT2D eigenvalue weighted by Gasteiger charge is -2.24. The van der Waals surface area contributed by atoms with Crippen LogP contribution in [0.25, 0.3) is 10.9 Å². The summed E-state index contributed by atoms with van der Waals surface area (Å²) in [6.45, 7) is 1.56. The number of hydrogen-bond acceptors (Lipinski definition) is 2. The fourth-order valence-electron chi connectivity index (χ4n) is 4.05. The SMILES string of the molecule is O=C(CCc1ccccc1)N[C@@H](Cc1c[nH]c2ccccc12)C(=O)N1CCCC1. The van der Waals surface area contributed by atoms with Crippen molar-refractivity contribution in [1.82, 2.24) is 15.2 Å². The van der Waals surface area contributed by atoms with E-state index in [1.807, 2.05) is 59.6 Å². The summed E-state index contributed by atoms with van der Waals surface area (Å²) in [7, 11) is 0. The van der Waals surface area contributed by atoms with Gasteiger partial charge < -0.3 is 15.2 Å². The molecule has 4 rings (SSSR count). The van der Waals surface area contributed by atoms with Gasteiger partial charge in [0.25, 0.3) is 0 Å². The minimum absolute atomic E-state index is 0.0286. The van der Waals surface area contributed by atoms with E-state index in [9.17, 15) is 9.59 Å². The van der Waals surface area contributed by atoms with Crippen molar-refractivity contribution in [2.24, 2.45) is 0 Å². The first kappa shape index (κ1) is 19.2.